The summed E-state index contributed by atoms with van der Waals surface area (Å²) < 4.78 is 8.93. The van der Waals surface area contributed by atoms with Gasteiger partial charge in [-0.25, -0.2) is 0 Å². The number of halogens is 1. The van der Waals surface area contributed by atoms with E-state index >= 15 is 0 Å². The van der Waals surface area contributed by atoms with Crippen LogP contribution in [0.4, 0.5) is 0 Å². The zero-order valence-electron chi connectivity index (χ0n) is 15.1. The fourth-order valence-corrected chi connectivity index (χ4v) is 4.09. The van der Waals surface area contributed by atoms with Crippen molar-refractivity contribution in [3.8, 4) is 5.75 Å². The van der Waals surface area contributed by atoms with Gasteiger partial charge in [0.1, 0.15) is 5.75 Å². The summed E-state index contributed by atoms with van der Waals surface area (Å²) in [4.78, 5) is 12.9. The number of nitrogens with zero attached hydrogens (tertiary/aromatic N) is 1. The molecule has 25 heavy (non-hydrogen) atoms. The van der Waals surface area contributed by atoms with Gasteiger partial charge in [0, 0.05) is 21.9 Å². The highest BCUT2D eigenvalue weighted by Gasteiger charge is 2.13. The Labute approximate surface area is 158 Å². The molecule has 3 rings (SSSR count). The van der Waals surface area contributed by atoms with Gasteiger partial charge < -0.3 is 21.6 Å². The average Bonchev–Trinajstić information content (AvgIpc) is 2.52. The minimum atomic E-state index is 0. The van der Waals surface area contributed by atoms with E-state index in [1.807, 2.05) is 43.3 Å². The number of hydrogen-bond donors (Lipinski definition) is 0. The van der Waals surface area contributed by atoms with Crippen LogP contribution in [-0.4, -0.2) is 38.8 Å². The van der Waals surface area contributed by atoms with Crippen LogP contribution in [0.1, 0.15) is 12.0 Å². The molecule has 0 unspecified atom stereocenters. The third kappa shape index (κ3) is 4.32. The highest BCUT2D eigenvalue weighted by molar-refractivity contribution is 7.24. The van der Waals surface area contributed by atoms with Crippen molar-refractivity contribution in [2.75, 3.05) is 34.3 Å². The first-order valence-electron chi connectivity index (χ1n) is 8.25. The summed E-state index contributed by atoms with van der Waals surface area (Å²) in [6.45, 7) is 3.72. The number of hydrogen-bond acceptors (Lipinski definition) is 3. The third-order valence-corrected chi connectivity index (χ3v) is 5.32. The molecule has 0 N–H and O–H groups in total. The maximum atomic E-state index is 12.9. The van der Waals surface area contributed by atoms with Gasteiger partial charge in [0.25, 0.3) is 0 Å². The number of fused-ring (bicyclic) bond motifs is 2. The fraction of sp³-hybridized carbons (Fsp3) is 0.350. The smallest absolute Gasteiger partial charge is 0.196 e. The van der Waals surface area contributed by atoms with E-state index < -0.39 is 0 Å². The molecule has 0 saturated carbocycles. The predicted molar refractivity (Wildman–Crippen MR) is 103 cm³/mol. The molecule has 3 aromatic rings. The van der Waals surface area contributed by atoms with E-state index in [9.17, 15) is 4.79 Å². The van der Waals surface area contributed by atoms with Crippen LogP contribution < -0.4 is 22.6 Å². The minimum absolute atomic E-state index is 0. The lowest BCUT2D eigenvalue weighted by atomic mass is 10.1. The summed E-state index contributed by atoms with van der Waals surface area (Å²) in [7, 11) is 6.54. The molecule has 1 aromatic heterocycles. The van der Waals surface area contributed by atoms with Crippen LogP contribution in [0.15, 0.2) is 41.2 Å². The second-order valence-electron chi connectivity index (χ2n) is 7.23. The number of aryl methyl sites for hydroxylation is 1. The summed E-state index contributed by atoms with van der Waals surface area (Å²) in [5.41, 5.74) is 1.12. The fourth-order valence-electron chi connectivity index (χ4n) is 2.87. The normalized spacial score (nSPS) is 11.5. The van der Waals surface area contributed by atoms with Crippen LogP contribution in [0, 0.1) is 6.92 Å². The molecule has 0 amide bonds. The van der Waals surface area contributed by atoms with Crippen molar-refractivity contribution in [3.05, 3.63) is 52.2 Å². The van der Waals surface area contributed by atoms with Crippen LogP contribution in [0.5, 0.6) is 5.75 Å². The quantitative estimate of drug-likeness (QED) is 0.379. The summed E-state index contributed by atoms with van der Waals surface area (Å²) in [5, 5.41) is 1.59. The Hall–Kier alpha value is -1.62. The van der Waals surface area contributed by atoms with Crippen molar-refractivity contribution in [2.45, 2.75) is 13.3 Å². The second kappa shape index (κ2) is 7.73. The summed E-state index contributed by atoms with van der Waals surface area (Å²) >= 11 is 1.64. The number of benzene rings is 2. The molecule has 0 atom stereocenters. The van der Waals surface area contributed by atoms with Gasteiger partial charge in [-0.3, -0.25) is 4.79 Å². The van der Waals surface area contributed by atoms with Gasteiger partial charge in [-0.05, 0) is 30.7 Å². The molecule has 2 aromatic carbocycles. The molecule has 0 aliphatic heterocycles. The van der Waals surface area contributed by atoms with Gasteiger partial charge in [0.2, 0.25) is 0 Å². The maximum Gasteiger partial charge on any atom is 0.196 e. The van der Waals surface area contributed by atoms with Crippen molar-refractivity contribution in [1.29, 1.82) is 0 Å². The monoisotopic (exact) mass is 377 g/mol. The SMILES string of the molecule is Cc1ccc(OCCC[N+](C)(C)C)c2sc3ccccc3c(=O)c12.[Cl-]. The van der Waals surface area contributed by atoms with Gasteiger partial charge in [-0.1, -0.05) is 18.2 Å². The average molecular weight is 378 g/mol. The van der Waals surface area contributed by atoms with Crippen molar-refractivity contribution in [2.24, 2.45) is 0 Å². The molecular weight excluding hydrogens is 354 g/mol. The minimum Gasteiger partial charge on any atom is -1.00 e. The van der Waals surface area contributed by atoms with Gasteiger partial charge in [0.15, 0.2) is 5.43 Å². The predicted octanol–water partition coefficient (Wildman–Crippen LogP) is 1.20. The van der Waals surface area contributed by atoms with Crippen LogP contribution in [-0.2, 0) is 0 Å². The van der Waals surface area contributed by atoms with Crippen molar-refractivity contribution in [1.82, 2.24) is 0 Å². The van der Waals surface area contributed by atoms with E-state index in [-0.39, 0.29) is 17.8 Å². The number of rotatable bonds is 5. The lowest BCUT2D eigenvalue weighted by Gasteiger charge is -2.23. The standard InChI is InChI=1S/C20H24NO2S.ClH/c1-14-10-11-16(23-13-7-12-21(2,3)4)20-18(14)19(22)15-8-5-6-9-17(15)24-20;/h5-6,8-11H,7,12-13H2,1-4H3;1H/q+1;/p-1. The molecule has 0 aliphatic rings. The largest absolute Gasteiger partial charge is 1.00 e. The molecule has 0 saturated heterocycles. The van der Waals surface area contributed by atoms with Gasteiger partial charge >= 0.3 is 0 Å². The molecular formula is C20H24ClNO2S. The van der Waals surface area contributed by atoms with Crippen molar-refractivity contribution >= 4 is 31.5 Å². The molecule has 3 nitrogen and oxygen atoms in total. The Balaban J connectivity index is 0.00000225. The molecule has 1 heterocycles. The Morgan fingerprint density at radius 1 is 1.08 bits per heavy atom. The van der Waals surface area contributed by atoms with Crippen LogP contribution in [0.2, 0.25) is 0 Å². The Kier molecular flexibility index (Phi) is 6.09. The lowest BCUT2D eigenvalue weighted by Crippen LogP contribution is -3.00. The zero-order chi connectivity index (χ0) is 17.3. The summed E-state index contributed by atoms with van der Waals surface area (Å²) in [6, 6.07) is 11.8. The van der Waals surface area contributed by atoms with E-state index in [4.69, 9.17) is 4.74 Å². The van der Waals surface area contributed by atoms with Gasteiger partial charge in [-0.15, -0.1) is 11.3 Å². The molecule has 0 fully saturated rings. The molecule has 0 bridgehead atoms. The van der Waals surface area contributed by atoms with Gasteiger partial charge in [0.05, 0.1) is 39.0 Å². The van der Waals surface area contributed by atoms with Crippen LogP contribution >= 0.6 is 11.3 Å². The number of ether oxygens (including phenoxy) is 1. The zero-order valence-corrected chi connectivity index (χ0v) is 16.7. The summed E-state index contributed by atoms with van der Waals surface area (Å²) in [5.74, 6) is 0.824. The van der Waals surface area contributed by atoms with Crippen molar-refractivity contribution < 1.29 is 21.6 Å². The topological polar surface area (TPSA) is 26.3 Å². The Morgan fingerprint density at radius 2 is 1.80 bits per heavy atom. The van der Waals surface area contributed by atoms with Crippen molar-refractivity contribution in [3.63, 3.8) is 0 Å². The molecule has 0 radical (unpaired) electrons. The van der Waals surface area contributed by atoms with E-state index in [2.05, 4.69) is 21.1 Å². The molecule has 134 valence electrons. The molecule has 0 aliphatic carbocycles. The van der Waals surface area contributed by atoms with E-state index in [1.54, 1.807) is 11.3 Å². The third-order valence-electron chi connectivity index (χ3n) is 4.13. The van der Waals surface area contributed by atoms with E-state index in [1.165, 1.54) is 0 Å². The number of quaternary nitrogens is 1. The summed E-state index contributed by atoms with van der Waals surface area (Å²) in [6.07, 6.45) is 0.987. The van der Waals surface area contributed by atoms with Crippen LogP contribution in [0.3, 0.4) is 0 Å². The highest BCUT2D eigenvalue weighted by Crippen LogP contribution is 2.33. The Morgan fingerprint density at radius 3 is 2.52 bits per heavy atom. The molecule has 0 spiro atoms. The van der Waals surface area contributed by atoms with Gasteiger partial charge in [-0.2, -0.15) is 0 Å². The first-order valence-corrected chi connectivity index (χ1v) is 9.07. The maximum absolute atomic E-state index is 12.9. The second-order valence-corrected chi connectivity index (χ2v) is 8.28. The Bertz CT molecular complexity index is 944. The molecule has 5 heteroatoms. The van der Waals surface area contributed by atoms with E-state index in [0.717, 1.165) is 48.9 Å². The lowest BCUT2D eigenvalue weighted by molar-refractivity contribution is -0.870. The first-order chi connectivity index (χ1) is 11.4. The highest BCUT2D eigenvalue weighted by atomic mass is 35.5. The first kappa shape index (κ1) is 19.7. The van der Waals surface area contributed by atoms with Crippen LogP contribution in [0.25, 0.3) is 20.2 Å². The van der Waals surface area contributed by atoms with E-state index in [0.29, 0.717) is 6.61 Å².